The molecule has 1 aromatic heterocycles. The Balaban J connectivity index is 1.91. The van der Waals surface area contributed by atoms with E-state index < -0.39 is 39.7 Å². The second kappa shape index (κ2) is 7.80. The third kappa shape index (κ3) is 4.46. The molecule has 0 fully saturated rings. The summed E-state index contributed by atoms with van der Waals surface area (Å²) in [5.74, 6) is -2.04. The van der Waals surface area contributed by atoms with E-state index in [-0.39, 0.29) is 29.5 Å². The Morgan fingerprint density at radius 2 is 2.00 bits per heavy atom. The summed E-state index contributed by atoms with van der Waals surface area (Å²) in [7, 11) is 1.44. The molecule has 1 atom stereocenters. The number of pyridine rings is 1. The lowest BCUT2D eigenvalue weighted by atomic mass is 9.87. The summed E-state index contributed by atoms with van der Waals surface area (Å²) in [4.78, 5) is 33.4. The zero-order chi connectivity index (χ0) is 23.1. The number of alkyl halides is 3. The third-order valence-electron chi connectivity index (χ3n) is 4.76. The molecule has 1 unspecified atom stereocenters. The number of aromatic nitrogens is 1. The molecule has 0 bridgehead atoms. The first kappa shape index (κ1) is 22.5. The molecular weight excluding hydrogens is 442 g/mol. The number of hydrogen-bond donors (Lipinski definition) is 2. The molecule has 0 spiro atoms. The van der Waals surface area contributed by atoms with Gasteiger partial charge in [-0.25, -0.2) is 14.4 Å². The van der Waals surface area contributed by atoms with Crippen LogP contribution in [0.5, 0.6) is 0 Å². The molecule has 7 nitrogen and oxygen atoms in total. The highest BCUT2D eigenvalue weighted by Crippen LogP contribution is 2.36. The molecule has 31 heavy (non-hydrogen) atoms. The van der Waals surface area contributed by atoms with Crippen molar-refractivity contribution in [1.29, 1.82) is 0 Å². The van der Waals surface area contributed by atoms with Crippen LogP contribution in [-0.2, 0) is 16.5 Å². The number of rotatable bonds is 3. The van der Waals surface area contributed by atoms with E-state index in [2.05, 4.69) is 15.3 Å². The van der Waals surface area contributed by atoms with Gasteiger partial charge in [0.15, 0.2) is 5.96 Å². The summed E-state index contributed by atoms with van der Waals surface area (Å²) in [6.07, 6.45) is -4.34. The summed E-state index contributed by atoms with van der Waals surface area (Å²) < 4.78 is 52.8. The topological polar surface area (TPSA) is 101 Å². The molecule has 0 radical (unpaired) electrons. The van der Waals surface area contributed by atoms with Gasteiger partial charge < -0.3 is 11.1 Å². The van der Waals surface area contributed by atoms with Crippen LogP contribution < -0.4 is 11.1 Å². The lowest BCUT2D eigenvalue weighted by Crippen LogP contribution is -2.47. The average molecular weight is 458 g/mol. The van der Waals surface area contributed by atoms with Crippen molar-refractivity contribution in [1.82, 2.24) is 9.88 Å². The summed E-state index contributed by atoms with van der Waals surface area (Å²) >= 11 is 5.79. The minimum Gasteiger partial charge on any atom is -0.369 e. The van der Waals surface area contributed by atoms with Crippen LogP contribution >= 0.6 is 11.6 Å². The zero-order valence-electron chi connectivity index (χ0n) is 16.2. The van der Waals surface area contributed by atoms with E-state index in [0.29, 0.717) is 12.3 Å². The Kier molecular flexibility index (Phi) is 5.66. The van der Waals surface area contributed by atoms with E-state index in [1.165, 1.54) is 26.1 Å². The monoisotopic (exact) mass is 457 g/mol. The van der Waals surface area contributed by atoms with Gasteiger partial charge in [0, 0.05) is 24.5 Å². The fourth-order valence-corrected chi connectivity index (χ4v) is 3.28. The molecule has 1 aliphatic heterocycles. The number of anilines is 1. The van der Waals surface area contributed by atoms with Crippen molar-refractivity contribution in [2.75, 3.05) is 12.4 Å². The van der Waals surface area contributed by atoms with Crippen LogP contribution in [0.3, 0.4) is 0 Å². The predicted molar refractivity (Wildman–Crippen MR) is 105 cm³/mol. The molecular formula is C19H16ClF4N5O2. The highest BCUT2D eigenvalue weighted by Gasteiger charge is 2.38. The fraction of sp³-hybridized carbons (Fsp3) is 0.263. The van der Waals surface area contributed by atoms with Crippen LogP contribution in [0, 0.1) is 5.82 Å². The van der Waals surface area contributed by atoms with Crippen LogP contribution in [0.25, 0.3) is 0 Å². The van der Waals surface area contributed by atoms with Crippen LogP contribution in [0.1, 0.15) is 35.0 Å². The van der Waals surface area contributed by atoms with Gasteiger partial charge >= 0.3 is 6.18 Å². The zero-order valence-corrected chi connectivity index (χ0v) is 17.0. The first-order valence-corrected chi connectivity index (χ1v) is 9.15. The van der Waals surface area contributed by atoms with Crippen molar-refractivity contribution in [2.45, 2.75) is 25.1 Å². The Morgan fingerprint density at radius 1 is 1.32 bits per heavy atom. The van der Waals surface area contributed by atoms with Crippen molar-refractivity contribution in [3.05, 3.63) is 58.1 Å². The second-order valence-electron chi connectivity index (χ2n) is 7.07. The minimum atomic E-state index is -4.67. The third-order valence-corrected chi connectivity index (χ3v) is 5.05. The summed E-state index contributed by atoms with van der Waals surface area (Å²) in [6.45, 7) is 1.52. The Morgan fingerprint density at radius 3 is 2.58 bits per heavy atom. The number of nitrogens with one attached hydrogen (secondary N) is 1. The van der Waals surface area contributed by atoms with Crippen molar-refractivity contribution in [3.63, 3.8) is 0 Å². The number of hydrogen-bond acceptors (Lipinski definition) is 5. The van der Waals surface area contributed by atoms with Gasteiger partial charge in [-0.15, -0.1) is 0 Å². The van der Waals surface area contributed by atoms with Gasteiger partial charge in [-0.3, -0.25) is 14.5 Å². The van der Waals surface area contributed by atoms with Crippen molar-refractivity contribution in [2.24, 2.45) is 10.7 Å². The van der Waals surface area contributed by atoms with E-state index in [1.54, 1.807) is 0 Å². The largest absolute Gasteiger partial charge is 0.417 e. The molecule has 3 N–H and O–H groups in total. The molecule has 2 aromatic rings. The number of guanidine groups is 1. The number of amides is 2. The van der Waals surface area contributed by atoms with Crippen LogP contribution in [0.15, 0.2) is 35.5 Å². The van der Waals surface area contributed by atoms with Crippen LogP contribution in [0.4, 0.5) is 23.2 Å². The first-order chi connectivity index (χ1) is 14.3. The minimum absolute atomic E-state index is 0.00109. The van der Waals surface area contributed by atoms with Gasteiger partial charge in [0.1, 0.15) is 11.5 Å². The van der Waals surface area contributed by atoms with E-state index in [9.17, 15) is 27.2 Å². The summed E-state index contributed by atoms with van der Waals surface area (Å²) in [6, 6.07) is 4.15. The Hall–Kier alpha value is -3.21. The maximum absolute atomic E-state index is 14.5. The van der Waals surface area contributed by atoms with Gasteiger partial charge in [-0.2, -0.15) is 13.2 Å². The normalized spacial score (nSPS) is 19.3. The summed E-state index contributed by atoms with van der Waals surface area (Å²) in [5.41, 5.74) is 2.98. The van der Waals surface area contributed by atoms with Crippen LogP contribution in [0.2, 0.25) is 5.02 Å². The Labute approximate surface area is 178 Å². The highest BCUT2D eigenvalue weighted by atomic mass is 35.5. The molecule has 0 saturated carbocycles. The molecule has 12 heteroatoms. The van der Waals surface area contributed by atoms with Gasteiger partial charge in [0.05, 0.1) is 22.5 Å². The molecule has 2 heterocycles. The molecule has 2 amide bonds. The lowest BCUT2D eigenvalue weighted by molar-refractivity contribution is -0.137. The van der Waals surface area contributed by atoms with Gasteiger partial charge in [0.2, 0.25) is 5.91 Å². The van der Waals surface area contributed by atoms with Gasteiger partial charge in [-0.1, -0.05) is 11.6 Å². The standard InChI is InChI=1S/C19H16ClF4N5O2/c1-18(7-14(30)29(2)17(25)28-18)11-6-10(3-4-13(11)21)27-16(31)15-12(20)5-9(8-26-15)19(22,23)24/h3-6,8H,7H2,1-2H3,(H2,25,28)(H,27,31). The number of nitrogens with zero attached hydrogens (tertiary/aromatic N) is 3. The Bertz CT molecular complexity index is 1110. The number of nitrogens with two attached hydrogens (primary N) is 1. The molecule has 164 valence electrons. The maximum Gasteiger partial charge on any atom is 0.417 e. The number of benzene rings is 1. The predicted octanol–water partition coefficient (Wildman–Crippen LogP) is 3.54. The van der Waals surface area contributed by atoms with Gasteiger partial charge in [0.25, 0.3) is 5.91 Å². The maximum atomic E-state index is 14.5. The van der Waals surface area contributed by atoms with Crippen molar-refractivity contribution >= 4 is 35.1 Å². The van der Waals surface area contributed by atoms with Crippen molar-refractivity contribution in [3.8, 4) is 0 Å². The summed E-state index contributed by atoms with van der Waals surface area (Å²) in [5, 5.41) is 1.90. The number of aliphatic imine (C=N–C) groups is 1. The highest BCUT2D eigenvalue weighted by molar-refractivity contribution is 6.34. The number of halogens is 5. The van der Waals surface area contributed by atoms with Gasteiger partial charge in [-0.05, 0) is 31.2 Å². The molecule has 1 aliphatic rings. The molecule has 3 rings (SSSR count). The SMILES string of the molecule is CN1C(=O)CC(C)(c2cc(NC(=O)c3ncc(C(F)(F)F)cc3Cl)ccc2F)N=C1N. The van der Waals surface area contributed by atoms with Crippen molar-refractivity contribution < 1.29 is 27.2 Å². The smallest absolute Gasteiger partial charge is 0.369 e. The quantitative estimate of drug-likeness (QED) is 0.688. The lowest BCUT2D eigenvalue weighted by Gasteiger charge is -2.34. The second-order valence-corrected chi connectivity index (χ2v) is 7.48. The number of carbonyl (C=O) groups excluding carboxylic acids is 2. The van der Waals surface area contributed by atoms with E-state index in [1.807, 2.05) is 0 Å². The fourth-order valence-electron chi connectivity index (χ4n) is 3.03. The molecule has 1 aromatic carbocycles. The average Bonchev–Trinajstić information content (AvgIpc) is 2.66. The van der Waals surface area contributed by atoms with E-state index in [4.69, 9.17) is 17.3 Å². The molecule has 0 aliphatic carbocycles. The van der Waals surface area contributed by atoms with E-state index >= 15 is 0 Å². The number of carbonyl (C=O) groups is 2. The van der Waals surface area contributed by atoms with Crippen LogP contribution in [-0.4, -0.2) is 34.7 Å². The first-order valence-electron chi connectivity index (χ1n) is 8.78. The van der Waals surface area contributed by atoms with E-state index in [0.717, 1.165) is 11.0 Å². The molecule has 0 saturated heterocycles.